The Morgan fingerprint density at radius 1 is 1.00 bits per heavy atom. The largest absolute Gasteiger partial charge is 0.497 e. The van der Waals surface area contributed by atoms with Gasteiger partial charge in [-0.05, 0) is 49.7 Å². The van der Waals surface area contributed by atoms with Gasteiger partial charge in [-0.2, -0.15) is 0 Å². The van der Waals surface area contributed by atoms with E-state index in [0.29, 0.717) is 49.6 Å². The lowest BCUT2D eigenvalue weighted by atomic mass is 10.0. The van der Waals surface area contributed by atoms with Crippen LogP contribution < -0.4 is 9.64 Å². The van der Waals surface area contributed by atoms with Crippen LogP contribution in [0.5, 0.6) is 5.75 Å². The van der Waals surface area contributed by atoms with Gasteiger partial charge in [0.2, 0.25) is 0 Å². The summed E-state index contributed by atoms with van der Waals surface area (Å²) in [5.74, 6) is 2.02. The first-order valence-corrected chi connectivity index (χ1v) is 10.7. The van der Waals surface area contributed by atoms with Crippen LogP contribution >= 0.6 is 0 Å². The third-order valence-electron chi connectivity index (χ3n) is 5.83. The zero-order valence-electron chi connectivity index (χ0n) is 18.6. The van der Waals surface area contributed by atoms with Gasteiger partial charge >= 0.3 is 0 Å². The monoisotopic (exact) mass is 434 g/mol. The molecular formula is C25H27FN4O2. The molecule has 1 aliphatic rings. The van der Waals surface area contributed by atoms with Crippen molar-refractivity contribution < 1.29 is 13.9 Å². The summed E-state index contributed by atoms with van der Waals surface area (Å²) < 4.78 is 19.5. The summed E-state index contributed by atoms with van der Waals surface area (Å²) in [7, 11) is 1.60. The molecule has 0 N–H and O–H groups in total. The smallest absolute Gasteiger partial charge is 0.253 e. The second kappa shape index (κ2) is 9.34. The Labute approximate surface area is 187 Å². The van der Waals surface area contributed by atoms with Crippen molar-refractivity contribution in [2.75, 3.05) is 38.2 Å². The Morgan fingerprint density at radius 2 is 1.69 bits per heavy atom. The van der Waals surface area contributed by atoms with Crippen LogP contribution in [-0.4, -0.2) is 54.1 Å². The number of carbonyl (C=O) groups excluding carboxylic acids is 1. The SMILES string of the molecule is COc1ccc(C(=O)N2CCN(c3nc(C)nc(C)c3Cc3ccccc3F)CC2)cc1. The highest BCUT2D eigenvalue weighted by atomic mass is 19.1. The highest BCUT2D eigenvalue weighted by molar-refractivity contribution is 5.94. The van der Waals surface area contributed by atoms with Crippen molar-refractivity contribution in [3.05, 3.63) is 82.6 Å². The van der Waals surface area contributed by atoms with E-state index in [1.165, 1.54) is 6.07 Å². The Kier molecular flexibility index (Phi) is 6.35. The molecule has 0 atom stereocenters. The number of nitrogens with zero attached hydrogens (tertiary/aromatic N) is 4. The van der Waals surface area contributed by atoms with Crippen molar-refractivity contribution in [1.29, 1.82) is 0 Å². The highest BCUT2D eigenvalue weighted by Crippen LogP contribution is 2.26. The first kappa shape index (κ1) is 21.7. The summed E-state index contributed by atoms with van der Waals surface area (Å²) in [5, 5.41) is 0. The minimum Gasteiger partial charge on any atom is -0.497 e. The van der Waals surface area contributed by atoms with Gasteiger partial charge in [-0.15, -0.1) is 0 Å². The van der Waals surface area contributed by atoms with Crippen molar-refractivity contribution in [3.8, 4) is 5.75 Å². The fourth-order valence-corrected chi connectivity index (χ4v) is 4.06. The van der Waals surface area contributed by atoms with Crippen LogP contribution in [0, 0.1) is 19.7 Å². The molecule has 1 aromatic heterocycles. The van der Waals surface area contributed by atoms with E-state index in [0.717, 1.165) is 22.8 Å². The molecule has 1 fully saturated rings. The first-order chi connectivity index (χ1) is 15.5. The van der Waals surface area contributed by atoms with Crippen LogP contribution in [0.1, 0.15) is 33.0 Å². The van der Waals surface area contributed by atoms with E-state index in [1.807, 2.05) is 24.8 Å². The molecule has 0 radical (unpaired) electrons. The quantitative estimate of drug-likeness (QED) is 0.612. The van der Waals surface area contributed by atoms with Crippen LogP contribution in [0.4, 0.5) is 10.2 Å². The molecule has 4 rings (SSSR count). The number of hydrogen-bond donors (Lipinski definition) is 0. The van der Waals surface area contributed by atoms with Crippen LogP contribution in [0.2, 0.25) is 0 Å². The van der Waals surface area contributed by atoms with Crippen molar-refractivity contribution >= 4 is 11.7 Å². The maximum Gasteiger partial charge on any atom is 0.253 e. The van der Waals surface area contributed by atoms with E-state index < -0.39 is 0 Å². The Balaban J connectivity index is 1.51. The Morgan fingerprint density at radius 3 is 2.34 bits per heavy atom. The fraction of sp³-hybridized carbons (Fsp3) is 0.320. The third kappa shape index (κ3) is 4.56. The lowest BCUT2D eigenvalue weighted by Gasteiger charge is -2.36. The van der Waals surface area contributed by atoms with Gasteiger partial charge in [0.1, 0.15) is 23.2 Å². The lowest BCUT2D eigenvalue weighted by Crippen LogP contribution is -2.49. The third-order valence-corrected chi connectivity index (χ3v) is 5.83. The Bertz CT molecular complexity index is 1110. The Hall–Kier alpha value is -3.48. The zero-order valence-corrected chi connectivity index (χ0v) is 18.6. The second-order valence-corrected chi connectivity index (χ2v) is 7.93. The molecule has 0 unspecified atom stereocenters. The van der Waals surface area contributed by atoms with E-state index in [-0.39, 0.29) is 11.7 Å². The van der Waals surface area contributed by atoms with Crippen LogP contribution in [0.25, 0.3) is 0 Å². The summed E-state index contributed by atoms with van der Waals surface area (Å²) in [6, 6.07) is 14.0. The molecule has 7 heteroatoms. The fourth-order valence-electron chi connectivity index (χ4n) is 4.06. The minimum atomic E-state index is -0.228. The molecule has 2 aromatic carbocycles. The molecule has 6 nitrogen and oxygen atoms in total. The van der Waals surface area contributed by atoms with Crippen molar-refractivity contribution in [1.82, 2.24) is 14.9 Å². The standard InChI is InChI=1S/C25H27FN4O2/c1-17-22(16-20-6-4-5-7-23(20)26)24(28-18(2)27-17)29-12-14-30(15-13-29)25(31)19-8-10-21(32-3)11-9-19/h4-11H,12-16H2,1-3H3. The number of anilines is 1. The number of benzene rings is 2. The summed E-state index contributed by atoms with van der Waals surface area (Å²) in [6.45, 7) is 6.30. The number of rotatable bonds is 5. The molecule has 0 saturated carbocycles. The summed E-state index contributed by atoms with van der Waals surface area (Å²) in [4.78, 5) is 26.2. The van der Waals surface area contributed by atoms with Gasteiger partial charge in [-0.25, -0.2) is 14.4 Å². The van der Waals surface area contributed by atoms with Gasteiger partial charge in [0.25, 0.3) is 5.91 Å². The molecular weight excluding hydrogens is 407 g/mol. The van der Waals surface area contributed by atoms with Crippen LogP contribution in [0.15, 0.2) is 48.5 Å². The van der Waals surface area contributed by atoms with Crippen LogP contribution in [0.3, 0.4) is 0 Å². The summed E-state index contributed by atoms with van der Waals surface area (Å²) in [5.41, 5.74) is 3.05. The van der Waals surface area contributed by atoms with Gasteiger partial charge in [0.15, 0.2) is 0 Å². The molecule has 1 aliphatic heterocycles. The highest BCUT2D eigenvalue weighted by Gasteiger charge is 2.25. The van der Waals surface area contributed by atoms with E-state index in [2.05, 4.69) is 9.88 Å². The van der Waals surface area contributed by atoms with E-state index in [4.69, 9.17) is 9.72 Å². The predicted octanol–water partition coefficient (Wildman–Crippen LogP) is 3.79. The average Bonchev–Trinajstić information content (AvgIpc) is 2.81. The molecule has 3 aromatic rings. The minimum absolute atomic E-state index is 0.00827. The number of halogens is 1. The molecule has 1 amide bonds. The van der Waals surface area contributed by atoms with Gasteiger partial charge in [-0.1, -0.05) is 18.2 Å². The van der Waals surface area contributed by atoms with E-state index >= 15 is 0 Å². The normalized spacial score (nSPS) is 13.9. The number of ether oxygens (including phenoxy) is 1. The van der Waals surface area contributed by atoms with Crippen molar-refractivity contribution in [2.45, 2.75) is 20.3 Å². The first-order valence-electron chi connectivity index (χ1n) is 10.7. The molecule has 2 heterocycles. The zero-order chi connectivity index (χ0) is 22.7. The number of aryl methyl sites for hydroxylation is 2. The van der Waals surface area contributed by atoms with Gasteiger partial charge in [0, 0.05) is 49.4 Å². The number of hydrogen-bond acceptors (Lipinski definition) is 5. The molecule has 0 aliphatic carbocycles. The molecule has 0 spiro atoms. The second-order valence-electron chi connectivity index (χ2n) is 7.93. The van der Waals surface area contributed by atoms with Gasteiger partial charge in [-0.3, -0.25) is 4.79 Å². The maximum absolute atomic E-state index is 14.3. The molecule has 0 bridgehead atoms. The van der Waals surface area contributed by atoms with Gasteiger partial charge < -0.3 is 14.5 Å². The predicted molar refractivity (Wildman–Crippen MR) is 122 cm³/mol. The van der Waals surface area contributed by atoms with Crippen molar-refractivity contribution in [3.63, 3.8) is 0 Å². The number of amides is 1. The molecule has 1 saturated heterocycles. The number of methoxy groups -OCH3 is 1. The maximum atomic E-state index is 14.3. The van der Waals surface area contributed by atoms with E-state index in [1.54, 1.807) is 43.5 Å². The number of piperazine rings is 1. The van der Waals surface area contributed by atoms with Crippen LogP contribution in [-0.2, 0) is 6.42 Å². The summed E-state index contributed by atoms with van der Waals surface area (Å²) >= 11 is 0. The average molecular weight is 435 g/mol. The lowest BCUT2D eigenvalue weighted by molar-refractivity contribution is 0.0746. The molecule has 32 heavy (non-hydrogen) atoms. The van der Waals surface area contributed by atoms with Gasteiger partial charge in [0.05, 0.1) is 7.11 Å². The number of aromatic nitrogens is 2. The van der Waals surface area contributed by atoms with Crippen molar-refractivity contribution in [2.24, 2.45) is 0 Å². The molecule has 166 valence electrons. The number of carbonyl (C=O) groups is 1. The summed E-state index contributed by atoms with van der Waals surface area (Å²) in [6.07, 6.45) is 0.430. The van der Waals surface area contributed by atoms with E-state index in [9.17, 15) is 9.18 Å². The topological polar surface area (TPSA) is 58.6 Å².